The van der Waals surface area contributed by atoms with E-state index in [2.05, 4.69) is 4.90 Å². The van der Waals surface area contributed by atoms with Crippen LogP contribution in [0.25, 0.3) is 22.3 Å². The third-order valence-electron chi connectivity index (χ3n) is 6.32. The van der Waals surface area contributed by atoms with Crippen molar-refractivity contribution in [3.8, 4) is 17.1 Å². The van der Waals surface area contributed by atoms with Crippen LogP contribution in [0.4, 0.5) is 0 Å². The molecule has 0 atom stereocenters. The van der Waals surface area contributed by atoms with Crippen LogP contribution in [0.5, 0.6) is 5.75 Å². The minimum Gasteiger partial charge on any atom is -0.494 e. The van der Waals surface area contributed by atoms with E-state index in [4.69, 9.17) is 9.15 Å². The molecular formula is C28H29NO4S. The number of hydrogen-bond donors (Lipinski definition) is 0. The van der Waals surface area contributed by atoms with Gasteiger partial charge in [-0.1, -0.05) is 48.9 Å². The van der Waals surface area contributed by atoms with E-state index in [0.717, 1.165) is 18.5 Å². The maximum Gasteiger partial charge on any atom is 0.211 e. The van der Waals surface area contributed by atoms with Gasteiger partial charge in [0.05, 0.1) is 11.5 Å². The minimum absolute atomic E-state index is 0.199. The van der Waals surface area contributed by atoms with Crippen molar-refractivity contribution in [2.75, 3.05) is 26.2 Å². The Hall–Kier alpha value is -3.09. The quantitative estimate of drug-likeness (QED) is 0.285. The number of ether oxygens (including phenoxy) is 1. The Morgan fingerprint density at radius 2 is 1.53 bits per heavy atom. The SMILES string of the molecule is O=S(=O)(c1ccc(OCCCN2CCCCC2)cc1)c1c(-c2ccccc2)oc2ccccc12. The highest BCUT2D eigenvalue weighted by Gasteiger charge is 2.28. The normalized spacial score (nSPS) is 14.9. The Morgan fingerprint density at radius 3 is 2.29 bits per heavy atom. The Kier molecular flexibility index (Phi) is 6.70. The van der Waals surface area contributed by atoms with Gasteiger partial charge in [0.2, 0.25) is 9.84 Å². The Labute approximate surface area is 200 Å². The van der Waals surface area contributed by atoms with Gasteiger partial charge in [-0.2, -0.15) is 0 Å². The molecule has 1 saturated heterocycles. The molecule has 4 aromatic rings. The summed E-state index contributed by atoms with van der Waals surface area (Å²) in [5.74, 6) is 1.04. The predicted molar refractivity (Wildman–Crippen MR) is 134 cm³/mol. The van der Waals surface area contributed by atoms with Crippen LogP contribution in [0, 0.1) is 0 Å². The van der Waals surface area contributed by atoms with Gasteiger partial charge in [0.1, 0.15) is 16.2 Å². The number of para-hydroxylation sites is 1. The molecule has 1 aromatic heterocycles. The zero-order valence-corrected chi connectivity index (χ0v) is 20.0. The van der Waals surface area contributed by atoms with Crippen LogP contribution in [0.15, 0.2) is 93.1 Å². The topological polar surface area (TPSA) is 59.8 Å². The summed E-state index contributed by atoms with van der Waals surface area (Å²) in [5, 5.41) is 0.583. The van der Waals surface area contributed by atoms with Gasteiger partial charge in [-0.05, 0) is 68.8 Å². The second kappa shape index (κ2) is 10.0. The molecule has 0 saturated carbocycles. The van der Waals surface area contributed by atoms with Crippen LogP contribution < -0.4 is 4.74 Å². The number of furan rings is 1. The molecule has 0 bridgehead atoms. The van der Waals surface area contributed by atoms with Crippen LogP contribution >= 0.6 is 0 Å². The van der Waals surface area contributed by atoms with E-state index >= 15 is 0 Å². The fourth-order valence-corrected chi connectivity index (χ4v) is 6.15. The van der Waals surface area contributed by atoms with Crippen molar-refractivity contribution in [1.82, 2.24) is 4.90 Å². The molecule has 5 nitrogen and oxygen atoms in total. The monoisotopic (exact) mass is 475 g/mol. The molecular weight excluding hydrogens is 446 g/mol. The van der Waals surface area contributed by atoms with Crippen LogP contribution in [-0.2, 0) is 9.84 Å². The number of fused-ring (bicyclic) bond motifs is 1. The summed E-state index contributed by atoms with van der Waals surface area (Å²) < 4.78 is 39.4. The second-order valence-corrected chi connectivity index (χ2v) is 10.6. The summed E-state index contributed by atoms with van der Waals surface area (Å²) >= 11 is 0. The number of piperidine rings is 1. The Morgan fingerprint density at radius 1 is 0.824 bits per heavy atom. The van der Waals surface area contributed by atoms with Gasteiger partial charge in [0.25, 0.3) is 0 Å². The molecule has 0 aliphatic carbocycles. The molecule has 34 heavy (non-hydrogen) atoms. The second-order valence-electron chi connectivity index (χ2n) is 8.70. The molecule has 3 aromatic carbocycles. The largest absolute Gasteiger partial charge is 0.494 e. The highest BCUT2D eigenvalue weighted by molar-refractivity contribution is 7.91. The molecule has 176 valence electrons. The fourth-order valence-electron chi connectivity index (χ4n) is 4.56. The molecule has 0 unspecified atom stereocenters. The summed E-state index contributed by atoms with van der Waals surface area (Å²) in [6.45, 7) is 4.02. The van der Waals surface area contributed by atoms with Gasteiger partial charge in [-0.25, -0.2) is 8.42 Å². The van der Waals surface area contributed by atoms with Gasteiger partial charge in [0.15, 0.2) is 5.76 Å². The third kappa shape index (κ3) is 4.74. The molecule has 0 amide bonds. The van der Waals surface area contributed by atoms with Crippen LogP contribution in [0.3, 0.4) is 0 Å². The van der Waals surface area contributed by atoms with Gasteiger partial charge in [-0.3, -0.25) is 0 Å². The lowest BCUT2D eigenvalue weighted by atomic mass is 10.1. The molecule has 1 aliphatic heterocycles. The van der Waals surface area contributed by atoms with Crippen molar-refractivity contribution < 1.29 is 17.6 Å². The van der Waals surface area contributed by atoms with Gasteiger partial charge >= 0.3 is 0 Å². The summed E-state index contributed by atoms with van der Waals surface area (Å²) in [4.78, 5) is 2.91. The summed E-state index contributed by atoms with van der Waals surface area (Å²) in [5.41, 5.74) is 1.28. The van der Waals surface area contributed by atoms with Crippen molar-refractivity contribution in [2.45, 2.75) is 35.5 Å². The number of likely N-dealkylation sites (tertiary alicyclic amines) is 1. The zero-order chi connectivity index (χ0) is 23.4. The van der Waals surface area contributed by atoms with Crippen molar-refractivity contribution in [3.05, 3.63) is 78.9 Å². The van der Waals surface area contributed by atoms with E-state index in [-0.39, 0.29) is 9.79 Å². The maximum absolute atomic E-state index is 13.7. The predicted octanol–water partition coefficient (Wildman–Crippen LogP) is 6.19. The fraction of sp³-hybridized carbons (Fsp3) is 0.286. The molecule has 1 fully saturated rings. The third-order valence-corrected chi connectivity index (χ3v) is 8.16. The molecule has 2 heterocycles. The minimum atomic E-state index is -3.81. The number of nitrogens with zero attached hydrogens (tertiary/aromatic N) is 1. The standard InChI is InChI=1S/C28H29NO4S/c30-34(31,24-16-14-23(15-17-24)32-21-9-20-29-18-7-2-8-19-29)28-25-12-5-6-13-26(25)33-27(28)22-10-3-1-4-11-22/h1,3-6,10-17H,2,7-9,18-21H2. The lowest BCUT2D eigenvalue weighted by Crippen LogP contribution is -2.31. The molecule has 5 rings (SSSR count). The number of sulfone groups is 1. The van der Waals surface area contributed by atoms with Gasteiger partial charge in [-0.15, -0.1) is 0 Å². The van der Waals surface area contributed by atoms with Crippen molar-refractivity contribution >= 4 is 20.8 Å². The first-order valence-corrected chi connectivity index (χ1v) is 13.4. The number of rotatable bonds is 8. The Balaban J connectivity index is 1.36. The van der Waals surface area contributed by atoms with Crippen molar-refractivity contribution in [3.63, 3.8) is 0 Å². The Bertz CT molecular complexity index is 1340. The van der Waals surface area contributed by atoms with Crippen LogP contribution in [-0.4, -0.2) is 39.6 Å². The van der Waals surface area contributed by atoms with E-state index in [1.165, 1.54) is 32.4 Å². The average Bonchev–Trinajstić information content (AvgIpc) is 3.29. The molecule has 0 spiro atoms. The lowest BCUT2D eigenvalue weighted by molar-refractivity contribution is 0.205. The summed E-state index contributed by atoms with van der Waals surface area (Å²) in [6, 6.07) is 23.3. The number of benzene rings is 3. The molecule has 1 aliphatic rings. The first kappa shape index (κ1) is 22.7. The first-order chi connectivity index (χ1) is 16.6. The van der Waals surface area contributed by atoms with Gasteiger partial charge < -0.3 is 14.1 Å². The van der Waals surface area contributed by atoms with E-state index in [0.29, 0.717) is 29.1 Å². The highest BCUT2D eigenvalue weighted by Crippen LogP contribution is 2.39. The van der Waals surface area contributed by atoms with E-state index < -0.39 is 9.84 Å². The van der Waals surface area contributed by atoms with Crippen LogP contribution in [0.1, 0.15) is 25.7 Å². The highest BCUT2D eigenvalue weighted by atomic mass is 32.2. The smallest absolute Gasteiger partial charge is 0.211 e. The van der Waals surface area contributed by atoms with E-state index in [9.17, 15) is 8.42 Å². The van der Waals surface area contributed by atoms with Gasteiger partial charge in [0, 0.05) is 17.5 Å². The van der Waals surface area contributed by atoms with Crippen molar-refractivity contribution in [2.24, 2.45) is 0 Å². The van der Waals surface area contributed by atoms with E-state index in [1.54, 1.807) is 36.4 Å². The molecule has 0 N–H and O–H groups in total. The van der Waals surface area contributed by atoms with Crippen molar-refractivity contribution in [1.29, 1.82) is 0 Å². The summed E-state index contributed by atoms with van der Waals surface area (Å²) in [6.07, 6.45) is 4.87. The van der Waals surface area contributed by atoms with Crippen LogP contribution in [0.2, 0.25) is 0 Å². The van der Waals surface area contributed by atoms with E-state index in [1.807, 2.05) is 42.5 Å². The molecule has 6 heteroatoms. The lowest BCUT2D eigenvalue weighted by Gasteiger charge is -2.26. The average molecular weight is 476 g/mol. The number of hydrogen-bond acceptors (Lipinski definition) is 5. The summed E-state index contributed by atoms with van der Waals surface area (Å²) in [7, 11) is -3.81. The first-order valence-electron chi connectivity index (χ1n) is 11.9. The maximum atomic E-state index is 13.7. The molecule has 0 radical (unpaired) electrons. The zero-order valence-electron chi connectivity index (χ0n) is 19.2.